The minimum Gasteiger partial charge on any atom is -0.478 e. The average molecular weight is 408 g/mol. The zero-order valence-electron chi connectivity index (χ0n) is 16.4. The number of thiophene rings is 1. The Bertz CT molecular complexity index is 1120. The first-order valence-corrected chi connectivity index (χ1v) is 10.3. The second-order valence-corrected chi connectivity index (χ2v) is 9.70. The van der Waals surface area contributed by atoms with Crippen LogP contribution in [0.25, 0.3) is 0 Å². The molecular weight excluding hydrogens is 388 g/mol. The topological polar surface area (TPSA) is 98.5 Å². The number of carboxylic acids is 1. The van der Waals surface area contributed by atoms with Crippen molar-refractivity contribution in [1.29, 1.82) is 5.26 Å². The standard InChI is InChI=1S/C22H20N2O4S/c1-22(2,3)12-5-7-13-16(10-23)20(29-17(13)9-12)24-18(25)14-6-4-11(21(27)28)8-15(14)19(24)26/h4,6,8,12H,5,7,9H2,1-3H3,(H,27,28)/t12-/m1/s1. The van der Waals surface area contributed by atoms with E-state index >= 15 is 0 Å². The molecule has 7 heteroatoms. The highest BCUT2D eigenvalue weighted by Crippen LogP contribution is 2.46. The number of rotatable bonds is 2. The monoisotopic (exact) mass is 408 g/mol. The maximum Gasteiger partial charge on any atom is 0.335 e. The summed E-state index contributed by atoms with van der Waals surface area (Å²) in [5, 5.41) is 19.3. The van der Waals surface area contributed by atoms with Crippen LogP contribution >= 0.6 is 11.3 Å². The summed E-state index contributed by atoms with van der Waals surface area (Å²) in [6, 6.07) is 6.11. The minimum atomic E-state index is -1.16. The van der Waals surface area contributed by atoms with Crippen molar-refractivity contribution in [1.82, 2.24) is 0 Å². The van der Waals surface area contributed by atoms with Crippen molar-refractivity contribution in [2.75, 3.05) is 4.90 Å². The lowest BCUT2D eigenvalue weighted by molar-refractivity contribution is 0.0696. The highest BCUT2D eigenvalue weighted by atomic mass is 32.1. The molecule has 0 spiro atoms. The molecule has 0 bridgehead atoms. The van der Waals surface area contributed by atoms with Crippen molar-refractivity contribution in [3.8, 4) is 6.07 Å². The Hall–Kier alpha value is -2.98. The van der Waals surface area contributed by atoms with Crippen LogP contribution in [0, 0.1) is 22.7 Å². The van der Waals surface area contributed by atoms with Crippen LogP contribution in [-0.2, 0) is 12.8 Å². The van der Waals surface area contributed by atoms with Gasteiger partial charge in [-0.15, -0.1) is 11.3 Å². The largest absolute Gasteiger partial charge is 0.478 e. The number of carbonyl (C=O) groups is 3. The first-order chi connectivity index (χ1) is 13.6. The van der Waals surface area contributed by atoms with E-state index in [0.717, 1.165) is 34.6 Å². The lowest BCUT2D eigenvalue weighted by atomic mass is 9.72. The molecule has 1 aliphatic carbocycles. The van der Waals surface area contributed by atoms with E-state index in [1.54, 1.807) is 0 Å². The molecule has 0 saturated carbocycles. The van der Waals surface area contributed by atoms with Gasteiger partial charge in [0.1, 0.15) is 11.1 Å². The van der Waals surface area contributed by atoms with Crippen LogP contribution in [0.3, 0.4) is 0 Å². The van der Waals surface area contributed by atoms with Crippen LogP contribution in [-0.4, -0.2) is 22.9 Å². The zero-order valence-corrected chi connectivity index (χ0v) is 17.2. The van der Waals surface area contributed by atoms with Gasteiger partial charge >= 0.3 is 5.97 Å². The molecule has 1 aromatic heterocycles. The Balaban J connectivity index is 1.78. The number of hydrogen-bond donors (Lipinski definition) is 1. The molecule has 1 aromatic carbocycles. The van der Waals surface area contributed by atoms with Crippen LogP contribution in [0.1, 0.15) is 74.3 Å². The van der Waals surface area contributed by atoms with Gasteiger partial charge in [0.05, 0.1) is 22.3 Å². The molecule has 2 amide bonds. The molecular formula is C22H20N2O4S. The van der Waals surface area contributed by atoms with Crippen molar-refractivity contribution in [3.63, 3.8) is 0 Å². The van der Waals surface area contributed by atoms with E-state index < -0.39 is 17.8 Å². The Morgan fingerprint density at radius 1 is 1.24 bits per heavy atom. The van der Waals surface area contributed by atoms with E-state index in [1.165, 1.54) is 29.5 Å². The van der Waals surface area contributed by atoms with Gasteiger partial charge in [0.15, 0.2) is 0 Å². The summed E-state index contributed by atoms with van der Waals surface area (Å²) in [6.07, 6.45) is 2.54. The number of hydrogen-bond acceptors (Lipinski definition) is 5. The summed E-state index contributed by atoms with van der Waals surface area (Å²) in [5.74, 6) is -1.78. The zero-order chi connectivity index (χ0) is 21.1. The van der Waals surface area contributed by atoms with Gasteiger partial charge in [0.2, 0.25) is 0 Å². The van der Waals surface area contributed by atoms with Gasteiger partial charge in [0.25, 0.3) is 11.8 Å². The highest BCUT2D eigenvalue weighted by molar-refractivity contribution is 7.17. The molecule has 2 aliphatic rings. The number of nitriles is 1. The van der Waals surface area contributed by atoms with Gasteiger partial charge < -0.3 is 5.11 Å². The Morgan fingerprint density at radius 2 is 1.93 bits per heavy atom. The van der Waals surface area contributed by atoms with Crippen molar-refractivity contribution in [3.05, 3.63) is 50.9 Å². The maximum atomic E-state index is 13.0. The first-order valence-electron chi connectivity index (χ1n) is 9.44. The number of fused-ring (bicyclic) bond motifs is 2. The third-order valence-corrected chi connectivity index (χ3v) is 7.16. The molecule has 1 atom stereocenters. The molecule has 4 rings (SSSR count). The van der Waals surface area contributed by atoms with Crippen LogP contribution in [0.5, 0.6) is 0 Å². The van der Waals surface area contributed by atoms with E-state index in [1.807, 2.05) is 0 Å². The summed E-state index contributed by atoms with van der Waals surface area (Å²) in [6.45, 7) is 6.60. The summed E-state index contributed by atoms with van der Waals surface area (Å²) < 4.78 is 0. The summed E-state index contributed by atoms with van der Waals surface area (Å²) in [7, 11) is 0. The molecule has 6 nitrogen and oxygen atoms in total. The predicted octanol–water partition coefficient (Wildman–Crippen LogP) is 4.27. The van der Waals surface area contributed by atoms with Gasteiger partial charge in [-0.2, -0.15) is 5.26 Å². The molecule has 2 heterocycles. The SMILES string of the molecule is CC(C)(C)[C@@H]1CCc2c(sc(N3C(=O)c4ccc(C(=O)O)cc4C3=O)c2C#N)C1. The van der Waals surface area contributed by atoms with E-state index in [9.17, 15) is 24.8 Å². The van der Waals surface area contributed by atoms with Crippen molar-refractivity contribution in [2.45, 2.75) is 40.0 Å². The number of carbonyl (C=O) groups excluding carboxylic acids is 2. The normalized spacial score (nSPS) is 18.4. The lowest BCUT2D eigenvalue weighted by Gasteiger charge is -2.33. The van der Waals surface area contributed by atoms with Crippen molar-refractivity contribution >= 4 is 34.1 Å². The van der Waals surface area contributed by atoms with Gasteiger partial charge in [-0.1, -0.05) is 20.8 Å². The Kier molecular flexibility index (Phi) is 4.35. The fourth-order valence-electron chi connectivity index (χ4n) is 4.14. The third kappa shape index (κ3) is 2.95. The summed E-state index contributed by atoms with van der Waals surface area (Å²) in [4.78, 5) is 39.3. The minimum absolute atomic E-state index is 0.0502. The highest BCUT2D eigenvalue weighted by Gasteiger charge is 2.41. The second kappa shape index (κ2) is 6.53. The van der Waals surface area contributed by atoms with Crippen LogP contribution in [0.15, 0.2) is 18.2 Å². The number of carboxylic acid groups (broad SMARTS) is 1. The Labute approximate surface area is 172 Å². The van der Waals surface area contributed by atoms with E-state index in [4.69, 9.17) is 0 Å². The van der Waals surface area contributed by atoms with Crippen LogP contribution in [0.2, 0.25) is 0 Å². The number of aromatic carboxylic acids is 1. The average Bonchev–Trinajstić information content (AvgIpc) is 3.14. The second-order valence-electron chi connectivity index (χ2n) is 8.61. The third-order valence-electron chi connectivity index (χ3n) is 5.92. The van der Waals surface area contributed by atoms with Gasteiger partial charge in [0, 0.05) is 4.88 Å². The number of anilines is 1. The number of amides is 2. The predicted molar refractivity (Wildman–Crippen MR) is 109 cm³/mol. The van der Waals surface area contributed by atoms with E-state index in [-0.39, 0.29) is 22.1 Å². The molecule has 0 fully saturated rings. The van der Waals surface area contributed by atoms with Gasteiger partial charge in [-0.3, -0.25) is 9.59 Å². The smallest absolute Gasteiger partial charge is 0.335 e. The molecule has 0 saturated heterocycles. The van der Waals surface area contributed by atoms with Gasteiger partial charge in [-0.25, -0.2) is 9.69 Å². The molecule has 148 valence electrons. The molecule has 29 heavy (non-hydrogen) atoms. The number of imide groups is 1. The Morgan fingerprint density at radius 3 is 2.55 bits per heavy atom. The van der Waals surface area contributed by atoms with Crippen LogP contribution < -0.4 is 4.90 Å². The van der Waals surface area contributed by atoms with Crippen molar-refractivity contribution < 1.29 is 19.5 Å². The molecule has 2 aromatic rings. The van der Waals surface area contributed by atoms with E-state index in [2.05, 4.69) is 26.8 Å². The molecule has 0 radical (unpaired) electrons. The first kappa shape index (κ1) is 19.3. The number of benzene rings is 1. The quantitative estimate of drug-likeness (QED) is 0.748. The fourth-order valence-corrected chi connectivity index (χ4v) is 5.52. The summed E-state index contributed by atoms with van der Waals surface area (Å²) >= 11 is 1.34. The molecule has 0 unspecified atom stereocenters. The lowest BCUT2D eigenvalue weighted by Crippen LogP contribution is -2.29. The fraction of sp³-hybridized carbons (Fsp3) is 0.364. The molecule has 1 aliphatic heterocycles. The van der Waals surface area contributed by atoms with Gasteiger partial charge in [-0.05, 0) is 54.4 Å². The van der Waals surface area contributed by atoms with Crippen molar-refractivity contribution in [2.24, 2.45) is 11.3 Å². The number of nitrogens with zero attached hydrogens (tertiary/aromatic N) is 2. The van der Waals surface area contributed by atoms with E-state index in [0.29, 0.717) is 16.5 Å². The maximum absolute atomic E-state index is 13.0. The van der Waals surface area contributed by atoms with Crippen LogP contribution in [0.4, 0.5) is 5.00 Å². The molecule has 1 N–H and O–H groups in total. The summed E-state index contributed by atoms with van der Waals surface area (Å²) in [5.41, 5.74) is 1.66.